The van der Waals surface area contributed by atoms with Crippen LogP contribution < -0.4 is 10.9 Å². The van der Waals surface area contributed by atoms with Gasteiger partial charge >= 0.3 is 0 Å². The molecule has 0 radical (unpaired) electrons. The summed E-state index contributed by atoms with van der Waals surface area (Å²) in [6, 6.07) is 1.99. The molecule has 1 N–H and O–H groups in total. The van der Waals surface area contributed by atoms with Crippen molar-refractivity contribution >= 4 is 16.6 Å². The Hall–Kier alpha value is -1.71. The third-order valence-electron chi connectivity index (χ3n) is 2.82. The summed E-state index contributed by atoms with van der Waals surface area (Å²) < 4.78 is 3.71. The topological polar surface area (TPSA) is 39.0 Å². The van der Waals surface area contributed by atoms with Gasteiger partial charge < -0.3 is 14.5 Å². The van der Waals surface area contributed by atoms with E-state index in [-0.39, 0.29) is 5.56 Å². The van der Waals surface area contributed by atoms with E-state index in [0.29, 0.717) is 6.54 Å². The van der Waals surface area contributed by atoms with Gasteiger partial charge in [-0.05, 0) is 19.9 Å². The second-order valence-electron chi connectivity index (χ2n) is 3.85. The first kappa shape index (κ1) is 10.8. The first-order valence-corrected chi connectivity index (χ1v) is 5.61. The average Bonchev–Trinajstić information content (AvgIpc) is 2.58. The van der Waals surface area contributed by atoms with Gasteiger partial charge in [0.15, 0.2) is 0 Å². The Kier molecular flexibility index (Phi) is 2.73. The minimum absolute atomic E-state index is 0.0801. The smallest absolute Gasteiger partial charge is 0.262 e. The molecule has 0 bridgehead atoms. The van der Waals surface area contributed by atoms with E-state index in [9.17, 15) is 4.79 Å². The number of fused-ring (bicyclic) bond motifs is 1. The summed E-state index contributed by atoms with van der Waals surface area (Å²) >= 11 is 0. The Balaban J connectivity index is 2.78. The number of pyridine rings is 1. The highest BCUT2D eigenvalue weighted by atomic mass is 16.1. The number of aromatic nitrogens is 2. The highest BCUT2D eigenvalue weighted by Gasteiger charge is 2.10. The first-order valence-electron chi connectivity index (χ1n) is 5.61. The summed E-state index contributed by atoms with van der Waals surface area (Å²) in [5, 5.41) is 4.02. The number of nitrogens with zero attached hydrogens (tertiary/aromatic N) is 2. The molecule has 86 valence electrons. The van der Waals surface area contributed by atoms with Gasteiger partial charge in [-0.1, -0.05) is 0 Å². The first-order chi connectivity index (χ1) is 7.69. The zero-order valence-electron chi connectivity index (χ0n) is 9.95. The van der Waals surface area contributed by atoms with Crippen LogP contribution in [-0.2, 0) is 13.6 Å². The fourth-order valence-corrected chi connectivity index (χ4v) is 2.01. The van der Waals surface area contributed by atoms with Gasteiger partial charge in [-0.15, -0.1) is 0 Å². The van der Waals surface area contributed by atoms with E-state index in [2.05, 4.69) is 5.32 Å². The minimum Gasteiger partial charge on any atom is -0.383 e. The molecule has 0 spiro atoms. The van der Waals surface area contributed by atoms with E-state index >= 15 is 0 Å². The lowest BCUT2D eigenvalue weighted by atomic mass is 10.3. The Bertz CT molecular complexity index is 565. The Morgan fingerprint density at radius 1 is 1.38 bits per heavy atom. The van der Waals surface area contributed by atoms with Crippen LogP contribution in [0.3, 0.4) is 0 Å². The van der Waals surface area contributed by atoms with Crippen LogP contribution in [0.25, 0.3) is 10.9 Å². The van der Waals surface area contributed by atoms with E-state index in [1.54, 1.807) is 4.57 Å². The normalized spacial score (nSPS) is 10.9. The van der Waals surface area contributed by atoms with Crippen molar-refractivity contribution in [3.8, 4) is 0 Å². The van der Waals surface area contributed by atoms with Crippen molar-refractivity contribution in [1.82, 2.24) is 9.13 Å². The van der Waals surface area contributed by atoms with Gasteiger partial charge in [0.1, 0.15) is 0 Å². The van der Waals surface area contributed by atoms with Crippen LogP contribution in [0.4, 0.5) is 5.69 Å². The molecule has 0 saturated carbocycles. The van der Waals surface area contributed by atoms with Gasteiger partial charge in [-0.25, -0.2) is 0 Å². The molecule has 4 heteroatoms. The fourth-order valence-electron chi connectivity index (χ4n) is 2.01. The van der Waals surface area contributed by atoms with Crippen LogP contribution in [0.5, 0.6) is 0 Å². The highest BCUT2D eigenvalue weighted by molar-refractivity contribution is 5.92. The standard InChI is InChI=1S/C12H17N3O/c1-4-13-9-8-14(3)10-6-7-15(5-2)12(16)11(9)10/h6-8,13H,4-5H2,1-3H3. The minimum atomic E-state index is 0.0801. The molecule has 2 rings (SSSR count). The van der Waals surface area contributed by atoms with Crippen LogP contribution in [-0.4, -0.2) is 15.7 Å². The lowest BCUT2D eigenvalue weighted by Crippen LogP contribution is -2.18. The molecular formula is C12H17N3O. The van der Waals surface area contributed by atoms with E-state index in [1.165, 1.54) is 0 Å². The van der Waals surface area contributed by atoms with Gasteiger partial charge in [-0.2, -0.15) is 0 Å². The van der Waals surface area contributed by atoms with Crippen molar-refractivity contribution in [2.45, 2.75) is 20.4 Å². The molecule has 2 aromatic heterocycles. The summed E-state index contributed by atoms with van der Waals surface area (Å²) in [6.07, 6.45) is 3.82. The van der Waals surface area contributed by atoms with E-state index in [1.807, 2.05) is 43.9 Å². The number of anilines is 1. The third-order valence-corrected chi connectivity index (χ3v) is 2.82. The van der Waals surface area contributed by atoms with Crippen molar-refractivity contribution in [1.29, 1.82) is 0 Å². The van der Waals surface area contributed by atoms with Crippen LogP contribution in [0.2, 0.25) is 0 Å². The quantitative estimate of drug-likeness (QED) is 0.854. The largest absolute Gasteiger partial charge is 0.383 e. The van der Waals surface area contributed by atoms with Crippen LogP contribution in [0, 0.1) is 0 Å². The summed E-state index contributed by atoms with van der Waals surface area (Å²) in [4.78, 5) is 12.2. The highest BCUT2D eigenvalue weighted by Crippen LogP contribution is 2.21. The zero-order chi connectivity index (χ0) is 11.7. The summed E-state index contributed by atoms with van der Waals surface area (Å²) in [5.41, 5.74) is 1.98. The molecule has 0 aliphatic rings. The number of rotatable bonds is 3. The fraction of sp³-hybridized carbons (Fsp3) is 0.417. The molecule has 4 nitrogen and oxygen atoms in total. The van der Waals surface area contributed by atoms with Gasteiger partial charge in [0.2, 0.25) is 0 Å². The van der Waals surface area contributed by atoms with Crippen molar-refractivity contribution < 1.29 is 0 Å². The summed E-state index contributed by atoms with van der Waals surface area (Å²) in [6.45, 7) is 5.53. The molecular weight excluding hydrogens is 202 g/mol. The molecule has 2 heterocycles. The maximum Gasteiger partial charge on any atom is 0.262 e. The molecule has 0 unspecified atom stereocenters. The van der Waals surface area contributed by atoms with Crippen LogP contribution in [0.1, 0.15) is 13.8 Å². The SMILES string of the molecule is CCNc1cn(C)c2ccn(CC)c(=O)c12. The third kappa shape index (κ3) is 1.50. The van der Waals surface area contributed by atoms with Crippen molar-refractivity contribution in [2.24, 2.45) is 7.05 Å². The second-order valence-corrected chi connectivity index (χ2v) is 3.85. The lowest BCUT2D eigenvalue weighted by molar-refractivity contribution is 0.734. The Morgan fingerprint density at radius 2 is 2.12 bits per heavy atom. The van der Waals surface area contributed by atoms with Gasteiger partial charge in [0.05, 0.1) is 16.6 Å². The van der Waals surface area contributed by atoms with Gasteiger partial charge in [-0.3, -0.25) is 4.79 Å². The van der Waals surface area contributed by atoms with Crippen molar-refractivity contribution in [2.75, 3.05) is 11.9 Å². The van der Waals surface area contributed by atoms with E-state index in [0.717, 1.165) is 23.1 Å². The maximum absolute atomic E-state index is 12.2. The van der Waals surface area contributed by atoms with E-state index < -0.39 is 0 Å². The predicted octanol–water partition coefficient (Wildman–Crippen LogP) is 1.79. The molecule has 0 amide bonds. The number of hydrogen-bond donors (Lipinski definition) is 1. The molecule has 0 aliphatic heterocycles. The maximum atomic E-state index is 12.2. The van der Waals surface area contributed by atoms with Crippen LogP contribution in [0.15, 0.2) is 23.3 Å². The Morgan fingerprint density at radius 3 is 2.75 bits per heavy atom. The molecule has 0 atom stereocenters. The van der Waals surface area contributed by atoms with Gasteiger partial charge in [0.25, 0.3) is 5.56 Å². The summed E-state index contributed by atoms with van der Waals surface area (Å²) in [7, 11) is 1.96. The monoisotopic (exact) mass is 219 g/mol. The van der Waals surface area contributed by atoms with Crippen molar-refractivity contribution in [3.63, 3.8) is 0 Å². The molecule has 0 aliphatic carbocycles. The number of nitrogens with one attached hydrogen (secondary N) is 1. The number of hydrogen-bond acceptors (Lipinski definition) is 2. The zero-order valence-corrected chi connectivity index (χ0v) is 9.95. The summed E-state index contributed by atoms with van der Waals surface area (Å²) in [5.74, 6) is 0. The van der Waals surface area contributed by atoms with Crippen LogP contribution >= 0.6 is 0 Å². The molecule has 0 fully saturated rings. The average molecular weight is 219 g/mol. The number of aryl methyl sites for hydroxylation is 2. The predicted molar refractivity (Wildman–Crippen MR) is 67.0 cm³/mol. The molecule has 2 aromatic rings. The Labute approximate surface area is 94.5 Å². The second kappa shape index (κ2) is 4.04. The molecule has 0 aromatic carbocycles. The van der Waals surface area contributed by atoms with E-state index in [4.69, 9.17) is 0 Å². The molecule has 16 heavy (non-hydrogen) atoms. The lowest BCUT2D eigenvalue weighted by Gasteiger charge is -2.03. The van der Waals surface area contributed by atoms with Crippen molar-refractivity contribution in [3.05, 3.63) is 28.8 Å². The molecule has 0 saturated heterocycles. The van der Waals surface area contributed by atoms with Gasteiger partial charge in [0, 0.05) is 32.5 Å².